The van der Waals surface area contributed by atoms with E-state index >= 15 is 0 Å². The molecular weight excluding hydrogens is 508 g/mol. The molecule has 1 heterocycles. The lowest BCUT2D eigenvalue weighted by Gasteiger charge is -2.19. The van der Waals surface area contributed by atoms with Crippen LogP contribution in [0.2, 0.25) is 0 Å². The number of hydrogen-bond acceptors (Lipinski definition) is 5. The highest BCUT2D eigenvalue weighted by Gasteiger charge is 2.30. The lowest BCUT2D eigenvalue weighted by molar-refractivity contribution is -0.139. The smallest absolute Gasteiger partial charge is 0.407 e. The maximum atomic E-state index is 12.8. The van der Waals surface area contributed by atoms with E-state index in [4.69, 9.17) is 4.74 Å². The molecule has 0 fully saturated rings. The molecule has 1 aliphatic rings. The molecule has 0 saturated heterocycles. The fourth-order valence-corrected chi connectivity index (χ4v) is 5.08. The number of nitrogens with one attached hydrogen (secondary N) is 2. The second kappa shape index (κ2) is 12.3. The lowest BCUT2D eigenvalue weighted by Crippen LogP contribution is -2.48. The lowest BCUT2D eigenvalue weighted by atomic mass is 9.98. The predicted octanol–water partition coefficient (Wildman–Crippen LogP) is 3.97. The number of amides is 2. The minimum atomic E-state index is -1.28. The second-order valence-corrected chi connectivity index (χ2v) is 9.62. The molecule has 1 aromatic heterocycles. The number of rotatable bonds is 11. The van der Waals surface area contributed by atoms with Crippen LogP contribution < -0.4 is 10.6 Å². The number of carbonyl (C=O) groups is 3. The van der Waals surface area contributed by atoms with Gasteiger partial charge >= 0.3 is 12.1 Å². The molecule has 1 aliphatic carbocycles. The van der Waals surface area contributed by atoms with Crippen molar-refractivity contribution in [3.8, 4) is 11.1 Å². The largest absolute Gasteiger partial charge is 0.481 e. The maximum absolute atomic E-state index is 12.8. The fraction of sp³-hybridized carbons (Fsp3) is 0.226. The summed E-state index contributed by atoms with van der Waals surface area (Å²) < 4.78 is 7.49. The van der Waals surface area contributed by atoms with Gasteiger partial charge in [0.2, 0.25) is 5.91 Å². The van der Waals surface area contributed by atoms with Gasteiger partial charge in [0.25, 0.3) is 0 Å². The highest BCUT2D eigenvalue weighted by Crippen LogP contribution is 2.44. The summed E-state index contributed by atoms with van der Waals surface area (Å²) in [6, 6.07) is 24.6. The molecule has 0 aliphatic heterocycles. The number of aliphatic carboxylic acids is 1. The molecule has 4 aromatic rings. The van der Waals surface area contributed by atoms with Gasteiger partial charge in [-0.15, -0.1) is 0 Å². The van der Waals surface area contributed by atoms with Crippen LogP contribution in [0.4, 0.5) is 4.79 Å². The van der Waals surface area contributed by atoms with E-state index in [2.05, 4.69) is 15.6 Å². The number of carboxylic acids is 1. The molecule has 0 saturated carbocycles. The van der Waals surface area contributed by atoms with Crippen LogP contribution in [0, 0.1) is 0 Å². The second-order valence-electron chi connectivity index (χ2n) is 9.62. The van der Waals surface area contributed by atoms with Gasteiger partial charge in [0, 0.05) is 37.8 Å². The molecular formula is C31H30N4O5. The van der Waals surface area contributed by atoms with Gasteiger partial charge in [-0.25, -0.2) is 9.78 Å². The van der Waals surface area contributed by atoms with Crippen molar-refractivity contribution in [2.75, 3.05) is 13.2 Å². The number of ether oxygens (including phenoxy) is 1. The highest BCUT2D eigenvalue weighted by molar-refractivity contribution is 5.89. The summed E-state index contributed by atoms with van der Waals surface area (Å²) in [4.78, 5) is 41.3. The van der Waals surface area contributed by atoms with Crippen LogP contribution in [0.15, 0.2) is 91.3 Å². The van der Waals surface area contributed by atoms with Crippen LogP contribution in [-0.2, 0) is 27.3 Å². The van der Waals surface area contributed by atoms with E-state index in [0.29, 0.717) is 13.0 Å². The van der Waals surface area contributed by atoms with Gasteiger partial charge in [-0.1, -0.05) is 78.9 Å². The first kappa shape index (κ1) is 26.7. The number of fused-ring (bicyclic) bond motifs is 3. The molecule has 3 aromatic carbocycles. The number of benzene rings is 3. The Hall–Kier alpha value is -4.92. The van der Waals surface area contributed by atoms with Crippen molar-refractivity contribution in [1.82, 2.24) is 20.2 Å². The van der Waals surface area contributed by atoms with E-state index in [1.54, 1.807) is 6.20 Å². The van der Waals surface area contributed by atoms with Crippen LogP contribution >= 0.6 is 0 Å². The third kappa shape index (κ3) is 6.20. The summed E-state index contributed by atoms with van der Waals surface area (Å²) in [6.45, 7) is 0.938. The van der Waals surface area contributed by atoms with Crippen LogP contribution in [0.25, 0.3) is 11.1 Å². The van der Waals surface area contributed by atoms with Crippen molar-refractivity contribution in [1.29, 1.82) is 0 Å². The van der Waals surface area contributed by atoms with Gasteiger partial charge in [-0.05, 0) is 27.8 Å². The minimum Gasteiger partial charge on any atom is -0.481 e. The molecule has 2 amide bonds. The summed E-state index contributed by atoms with van der Waals surface area (Å²) in [5.74, 6) is -1.18. The van der Waals surface area contributed by atoms with Gasteiger partial charge in [-0.3, -0.25) is 9.59 Å². The number of carbonyl (C=O) groups excluding carboxylic acids is 2. The monoisotopic (exact) mass is 538 g/mol. The molecule has 1 atom stereocenters. The van der Waals surface area contributed by atoms with Gasteiger partial charge < -0.3 is 25.0 Å². The quantitative estimate of drug-likeness (QED) is 0.266. The number of nitrogens with zero attached hydrogens (tertiary/aromatic N) is 2. The number of aromatic nitrogens is 2. The first-order chi connectivity index (χ1) is 19.5. The average Bonchev–Trinajstić information content (AvgIpc) is 3.53. The van der Waals surface area contributed by atoms with Crippen molar-refractivity contribution in [2.45, 2.75) is 31.3 Å². The molecule has 9 heteroatoms. The topological polar surface area (TPSA) is 123 Å². The van der Waals surface area contributed by atoms with E-state index in [-0.39, 0.29) is 19.1 Å². The molecule has 1 unspecified atom stereocenters. The Kier molecular flexibility index (Phi) is 8.20. The molecule has 40 heavy (non-hydrogen) atoms. The van der Waals surface area contributed by atoms with Gasteiger partial charge in [0.1, 0.15) is 18.5 Å². The van der Waals surface area contributed by atoms with Crippen molar-refractivity contribution in [2.24, 2.45) is 0 Å². The molecule has 0 spiro atoms. The van der Waals surface area contributed by atoms with Crippen LogP contribution in [0.1, 0.15) is 34.9 Å². The Morgan fingerprint density at radius 1 is 0.925 bits per heavy atom. The molecule has 0 radical (unpaired) electrons. The molecule has 0 bridgehead atoms. The molecule has 5 rings (SSSR count). The van der Waals surface area contributed by atoms with E-state index in [0.717, 1.165) is 33.6 Å². The first-order valence-corrected chi connectivity index (χ1v) is 13.1. The van der Waals surface area contributed by atoms with Crippen LogP contribution in [-0.4, -0.2) is 51.8 Å². The zero-order valence-electron chi connectivity index (χ0n) is 21.8. The van der Waals surface area contributed by atoms with E-state index in [1.165, 1.54) is 0 Å². The zero-order chi connectivity index (χ0) is 27.9. The van der Waals surface area contributed by atoms with E-state index in [9.17, 15) is 19.5 Å². The summed E-state index contributed by atoms with van der Waals surface area (Å²) in [6.07, 6.45) is 2.60. The van der Waals surface area contributed by atoms with Crippen molar-refractivity contribution in [3.05, 3.63) is 114 Å². The van der Waals surface area contributed by atoms with Gasteiger partial charge in [0.15, 0.2) is 0 Å². The summed E-state index contributed by atoms with van der Waals surface area (Å²) in [5.41, 5.74) is 5.43. The van der Waals surface area contributed by atoms with Crippen molar-refractivity contribution in [3.63, 3.8) is 0 Å². The minimum absolute atomic E-state index is 0.0609. The van der Waals surface area contributed by atoms with Crippen LogP contribution in [0.5, 0.6) is 0 Å². The number of hydrogen-bond donors (Lipinski definition) is 3. The number of alkyl carbamates (subject to hydrolysis) is 1. The summed E-state index contributed by atoms with van der Waals surface area (Å²) >= 11 is 0. The first-order valence-electron chi connectivity index (χ1n) is 13.1. The Bertz CT molecular complexity index is 1450. The number of carboxylic acid groups (broad SMARTS) is 1. The van der Waals surface area contributed by atoms with Gasteiger partial charge in [0.05, 0.1) is 6.42 Å². The van der Waals surface area contributed by atoms with Crippen molar-refractivity contribution >= 4 is 18.0 Å². The van der Waals surface area contributed by atoms with E-state index in [1.807, 2.05) is 89.6 Å². The SMILES string of the molecule is O=C(O)CC(NC(=O)OCC1c2ccccc2-c2ccccc21)C(=O)NCCc1nccn1Cc1ccccc1. The average molecular weight is 539 g/mol. The molecule has 204 valence electrons. The van der Waals surface area contributed by atoms with E-state index < -0.39 is 30.4 Å². The third-order valence-electron chi connectivity index (χ3n) is 6.98. The van der Waals surface area contributed by atoms with Crippen LogP contribution in [0.3, 0.4) is 0 Å². The fourth-order valence-electron chi connectivity index (χ4n) is 5.08. The van der Waals surface area contributed by atoms with Gasteiger partial charge in [-0.2, -0.15) is 0 Å². The molecule has 9 nitrogen and oxygen atoms in total. The standard InChI is InChI=1S/C31H30N4O5/c36-29(37)18-27(30(38)33-15-14-28-32-16-17-35(28)19-21-8-2-1-3-9-21)34-31(39)40-20-26-24-12-6-4-10-22(24)23-11-5-7-13-25(23)26/h1-13,16-17,26-27H,14-15,18-20H2,(H,33,38)(H,34,39)(H,36,37). The third-order valence-corrected chi connectivity index (χ3v) is 6.98. The predicted molar refractivity (Wildman–Crippen MR) is 149 cm³/mol. The number of imidazole rings is 1. The van der Waals surface area contributed by atoms with Crippen molar-refractivity contribution < 1.29 is 24.2 Å². The Morgan fingerprint density at radius 3 is 2.25 bits per heavy atom. The molecule has 3 N–H and O–H groups in total. The summed E-state index contributed by atoms with van der Waals surface area (Å²) in [5, 5.41) is 14.5. The zero-order valence-corrected chi connectivity index (χ0v) is 21.8. The summed E-state index contributed by atoms with van der Waals surface area (Å²) in [7, 11) is 0. The normalized spacial score (nSPS) is 12.7. The highest BCUT2D eigenvalue weighted by atomic mass is 16.5. The Labute approximate surface area is 231 Å². The Morgan fingerprint density at radius 2 is 1.57 bits per heavy atom. The maximum Gasteiger partial charge on any atom is 0.407 e. The Balaban J connectivity index is 1.15.